The highest BCUT2D eigenvalue weighted by Gasteiger charge is 2.31. The molecule has 3 amide bonds. The van der Waals surface area contributed by atoms with Crippen molar-refractivity contribution in [2.24, 2.45) is 0 Å². The molecule has 1 aliphatic rings. The van der Waals surface area contributed by atoms with Crippen molar-refractivity contribution in [1.82, 2.24) is 10.6 Å². The van der Waals surface area contributed by atoms with Crippen LogP contribution in [-0.4, -0.2) is 41.6 Å². The number of carbonyl (C=O) groups is 3. The number of ether oxygens (including phenoxy) is 1. The zero-order valence-corrected chi connectivity index (χ0v) is 9.93. The minimum absolute atomic E-state index is 0.242. The van der Waals surface area contributed by atoms with Gasteiger partial charge in [-0.2, -0.15) is 11.8 Å². The van der Waals surface area contributed by atoms with Gasteiger partial charge in [-0.15, -0.1) is 0 Å². The molecule has 1 fully saturated rings. The molecule has 90 valence electrons. The number of urea groups is 1. The first kappa shape index (κ1) is 12.8. The Morgan fingerprint density at radius 2 is 1.94 bits per heavy atom. The van der Waals surface area contributed by atoms with Gasteiger partial charge in [0.05, 0.1) is 6.04 Å². The minimum Gasteiger partial charge on any atom is -0.459 e. The highest BCUT2D eigenvalue weighted by atomic mass is 32.2. The Kier molecular flexibility index (Phi) is 4.60. The van der Waals surface area contributed by atoms with E-state index in [-0.39, 0.29) is 18.1 Å². The van der Waals surface area contributed by atoms with Crippen LogP contribution in [0.15, 0.2) is 0 Å². The van der Waals surface area contributed by atoms with Crippen LogP contribution in [-0.2, 0) is 14.3 Å². The summed E-state index contributed by atoms with van der Waals surface area (Å²) >= 11 is 1.59. The second-order valence-electron chi connectivity index (χ2n) is 3.45. The lowest BCUT2D eigenvalue weighted by Gasteiger charge is -2.19. The van der Waals surface area contributed by atoms with E-state index in [1.807, 2.05) is 0 Å². The van der Waals surface area contributed by atoms with Crippen LogP contribution in [0.2, 0.25) is 0 Å². The summed E-state index contributed by atoms with van der Waals surface area (Å²) in [7, 11) is 0. The predicted molar refractivity (Wildman–Crippen MR) is 59.0 cm³/mol. The summed E-state index contributed by atoms with van der Waals surface area (Å²) in [6.45, 7) is 2.59. The number of thioether (sulfide) groups is 1. The molecular weight excluding hydrogens is 232 g/mol. The summed E-state index contributed by atoms with van der Waals surface area (Å²) in [5.41, 5.74) is 0. The highest BCUT2D eigenvalue weighted by molar-refractivity contribution is 7.99. The number of imide groups is 1. The summed E-state index contributed by atoms with van der Waals surface area (Å²) in [6.07, 6.45) is -0.319. The van der Waals surface area contributed by atoms with E-state index in [4.69, 9.17) is 4.74 Å². The number of hydrogen-bond acceptors (Lipinski definition) is 5. The third kappa shape index (κ3) is 4.09. The molecule has 0 spiro atoms. The predicted octanol–water partition coefficient (Wildman–Crippen LogP) is -0.121. The van der Waals surface area contributed by atoms with Crippen LogP contribution >= 0.6 is 11.8 Å². The second-order valence-corrected chi connectivity index (χ2v) is 4.52. The van der Waals surface area contributed by atoms with Gasteiger partial charge < -0.3 is 10.1 Å². The number of nitrogens with one attached hydrogen (secondary N) is 2. The Labute approximate surface area is 97.5 Å². The standard InChI is InChI=1S/C9H14N2O4S/c1-5(12)10-9(14)11-7-3-16-4-8(7)15-6(2)13/h7-8H,3-4H2,1-2H3,(H2,10,11,12,14)/t7-,8+/m0/s1. The molecule has 0 aromatic heterocycles. The molecule has 1 rings (SSSR count). The van der Waals surface area contributed by atoms with Crippen molar-refractivity contribution in [3.05, 3.63) is 0 Å². The minimum atomic E-state index is -0.558. The van der Waals surface area contributed by atoms with Crippen molar-refractivity contribution in [3.63, 3.8) is 0 Å². The van der Waals surface area contributed by atoms with Crippen LogP contribution in [0.3, 0.4) is 0 Å². The maximum Gasteiger partial charge on any atom is 0.321 e. The van der Waals surface area contributed by atoms with Gasteiger partial charge in [-0.1, -0.05) is 0 Å². The molecule has 0 aromatic rings. The van der Waals surface area contributed by atoms with Crippen molar-refractivity contribution in [3.8, 4) is 0 Å². The Morgan fingerprint density at radius 3 is 2.50 bits per heavy atom. The lowest BCUT2D eigenvalue weighted by molar-refractivity contribution is -0.146. The van der Waals surface area contributed by atoms with E-state index in [2.05, 4.69) is 10.6 Å². The van der Waals surface area contributed by atoms with Gasteiger partial charge in [0.25, 0.3) is 0 Å². The fraction of sp³-hybridized carbons (Fsp3) is 0.667. The summed E-state index contributed by atoms with van der Waals surface area (Å²) in [5.74, 6) is 0.534. The molecule has 1 heterocycles. The largest absolute Gasteiger partial charge is 0.459 e. The summed E-state index contributed by atoms with van der Waals surface area (Å²) in [5, 5.41) is 4.70. The molecule has 2 N–H and O–H groups in total. The molecule has 0 aromatic carbocycles. The van der Waals surface area contributed by atoms with E-state index in [0.29, 0.717) is 11.5 Å². The molecule has 1 saturated heterocycles. The van der Waals surface area contributed by atoms with Gasteiger partial charge in [0.1, 0.15) is 6.10 Å². The van der Waals surface area contributed by atoms with Gasteiger partial charge in [0, 0.05) is 25.4 Å². The molecule has 7 heteroatoms. The van der Waals surface area contributed by atoms with Crippen molar-refractivity contribution < 1.29 is 19.1 Å². The molecular formula is C9H14N2O4S. The van der Waals surface area contributed by atoms with Crippen LogP contribution in [0, 0.1) is 0 Å². The maximum atomic E-state index is 11.2. The lowest BCUT2D eigenvalue weighted by Crippen LogP contribution is -2.49. The average Bonchev–Trinajstić information content (AvgIpc) is 2.50. The first-order valence-corrected chi connectivity index (χ1v) is 5.97. The first-order chi connectivity index (χ1) is 7.49. The Hall–Kier alpha value is -1.24. The van der Waals surface area contributed by atoms with Crippen molar-refractivity contribution in [2.75, 3.05) is 11.5 Å². The topological polar surface area (TPSA) is 84.5 Å². The summed E-state index contributed by atoms with van der Waals surface area (Å²) < 4.78 is 5.04. The number of amides is 3. The molecule has 0 aliphatic carbocycles. The molecule has 1 aliphatic heterocycles. The van der Waals surface area contributed by atoms with Gasteiger partial charge in [-0.3, -0.25) is 14.9 Å². The molecule has 2 atom stereocenters. The van der Waals surface area contributed by atoms with E-state index in [9.17, 15) is 14.4 Å². The smallest absolute Gasteiger partial charge is 0.321 e. The fourth-order valence-corrected chi connectivity index (χ4v) is 2.58. The fourth-order valence-electron chi connectivity index (χ4n) is 1.36. The van der Waals surface area contributed by atoms with Crippen LogP contribution < -0.4 is 10.6 Å². The third-order valence-corrected chi connectivity index (χ3v) is 3.11. The van der Waals surface area contributed by atoms with Gasteiger partial charge >= 0.3 is 12.0 Å². The summed E-state index contributed by atoms with van der Waals surface area (Å²) in [6, 6.07) is -0.801. The Morgan fingerprint density at radius 1 is 1.25 bits per heavy atom. The summed E-state index contributed by atoms with van der Waals surface area (Å²) in [4.78, 5) is 32.7. The SMILES string of the molecule is CC(=O)NC(=O)N[C@H]1CSC[C@H]1OC(C)=O. The molecule has 16 heavy (non-hydrogen) atoms. The maximum absolute atomic E-state index is 11.2. The quantitative estimate of drug-likeness (QED) is 0.663. The third-order valence-electron chi connectivity index (χ3n) is 1.95. The first-order valence-electron chi connectivity index (χ1n) is 4.82. The molecule has 0 bridgehead atoms. The number of hydrogen-bond donors (Lipinski definition) is 2. The van der Waals surface area contributed by atoms with E-state index in [1.165, 1.54) is 13.8 Å². The molecule has 0 unspecified atom stereocenters. The van der Waals surface area contributed by atoms with Crippen molar-refractivity contribution >= 4 is 29.7 Å². The number of esters is 1. The van der Waals surface area contributed by atoms with Crippen LogP contribution in [0.5, 0.6) is 0 Å². The average molecular weight is 246 g/mol. The van der Waals surface area contributed by atoms with Gasteiger partial charge in [0.2, 0.25) is 5.91 Å². The zero-order chi connectivity index (χ0) is 12.1. The molecule has 0 radical (unpaired) electrons. The lowest BCUT2D eigenvalue weighted by atomic mass is 10.2. The monoisotopic (exact) mass is 246 g/mol. The highest BCUT2D eigenvalue weighted by Crippen LogP contribution is 2.21. The van der Waals surface area contributed by atoms with Crippen LogP contribution in [0.1, 0.15) is 13.8 Å². The Bertz CT molecular complexity index is 308. The second kappa shape index (κ2) is 5.74. The van der Waals surface area contributed by atoms with Crippen LogP contribution in [0.4, 0.5) is 4.79 Å². The van der Waals surface area contributed by atoms with E-state index in [0.717, 1.165) is 0 Å². The van der Waals surface area contributed by atoms with Crippen LogP contribution in [0.25, 0.3) is 0 Å². The van der Waals surface area contributed by atoms with Crippen molar-refractivity contribution in [1.29, 1.82) is 0 Å². The number of rotatable bonds is 2. The van der Waals surface area contributed by atoms with Gasteiger partial charge in [-0.25, -0.2) is 4.79 Å². The normalized spacial score (nSPS) is 23.6. The van der Waals surface area contributed by atoms with E-state index in [1.54, 1.807) is 11.8 Å². The van der Waals surface area contributed by atoms with Gasteiger partial charge in [-0.05, 0) is 0 Å². The van der Waals surface area contributed by atoms with Crippen molar-refractivity contribution in [2.45, 2.75) is 26.0 Å². The Balaban J connectivity index is 2.43. The van der Waals surface area contributed by atoms with Gasteiger partial charge in [0.15, 0.2) is 0 Å². The van der Waals surface area contributed by atoms with E-state index < -0.39 is 11.9 Å². The zero-order valence-electron chi connectivity index (χ0n) is 9.11. The molecule has 6 nitrogen and oxygen atoms in total. The van der Waals surface area contributed by atoms with E-state index >= 15 is 0 Å². The number of carbonyl (C=O) groups excluding carboxylic acids is 3. The molecule has 0 saturated carbocycles.